The summed E-state index contributed by atoms with van der Waals surface area (Å²) in [7, 11) is 0. The van der Waals surface area contributed by atoms with Crippen LogP contribution in [-0.4, -0.2) is 29.4 Å². The number of esters is 1. The lowest BCUT2D eigenvalue weighted by Crippen LogP contribution is -2.35. The molecule has 1 amide bonds. The molecule has 0 fully saturated rings. The molecule has 0 unspecified atom stereocenters. The number of hydrogen-bond acceptors (Lipinski definition) is 5. The van der Waals surface area contributed by atoms with Crippen LogP contribution in [-0.2, 0) is 9.53 Å². The minimum atomic E-state index is -0.886. The highest BCUT2D eigenvalue weighted by Gasteiger charge is 2.18. The first-order valence-corrected chi connectivity index (χ1v) is 6.63. The molecule has 0 heterocycles. The van der Waals surface area contributed by atoms with Crippen molar-refractivity contribution in [3.8, 4) is 0 Å². The number of nitrogens with zero attached hydrogens (tertiary/aromatic N) is 1. The van der Waals surface area contributed by atoms with Crippen LogP contribution >= 0.6 is 11.6 Å². The fraction of sp³-hybridized carbons (Fsp3) is 0.385. The summed E-state index contributed by atoms with van der Waals surface area (Å²) in [5.74, 6) is -1.33. The molecule has 0 aliphatic heterocycles. The number of nitro groups is 1. The van der Waals surface area contributed by atoms with E-state index in [0.717, 1.165) is 12.5 Å². The Labute approximate surface area is 126 Å². The predicted octanol–water partition coefficient (Wildman–Crippen LogP) is 2.32. The standard InChI is InChI=1S/C13H15ClN2O5/c1-3-8(2)15-12(17)7-21-13(18)10-6-9(16(19)20)4-5-11(10)14/h4-6,8H,3,7H2,1-2H3,(H,15,17)/t8-/m1/s1. The second-order valence-corrected chi connectivity index (χ2v) is 4.78. The van der Waals surface area contributed by atoms with Crippen molar-refractivity contribution in [1.82, 2.24) is 5.32 Å². The zero-order valence-electron chi connectivity index (χ0n) is 11.6. The summed E-state index contributed by atoms with van der Waals surface area (Å²) in [6.07, 6.45) is 0.746. The number of benzene rings is 1. The van der Waals surface area contributed by atoms with Crippen LogP contribution in [0.5, 0.6) is 0 Å². The van der Waals surface area contributed by atoms with Gasteiger partial charge in [-0.15, -0.1) is 0 Å². The van der Waals surface area contributed by atoms with Crippen LogP contribution in [0.25, 0.3) is 0 Å². The van der Waals surface area contributed by atoms with Gasteiger partial charge in [0.05, 0.1) is 15.5 Å². The highest BCUT2D eigenvalue weighted by atomic mass is 35.5. The molecule has 1 atom stereocenters. The Morgan fingerprint density at radius 1 is 1.48 bits per heavy atom. The molecule has 0 aliphatic rings. The maximum absolute atomic E-state index is 11.8. The molecule has 0 aromatic heterocycles. The molecule has 0 bridgehead atoms. The average molecular weight is 315 g/mol. The van der Waals surface area contributed by atoms with Crippen LogP contribution in [0.3, 0.4) is 0 Å². The first-order valence-electron chi connectivity index (χ1n) is 6.25. The number of non-ortho nitro benzene ring substituents is 1. The minimum Gasteiger partial charge on any atom is -0.452 e. The molecule has 0 aliphatic carbocycles. The molecular weight excluding hydrogens is 300 g/mol. The van der Waals surface area contributed by atoms with E-state index >= 15 is 0 Å². The highest BCUT2D eigenvalue weighted by Crippen LogP contribution is 2.22. The molecular formula is C13H15ClN2O5. The number of hydrogen-bond donors (Lipinski definition) is 1. The van der Waals surface area contributed by atoms with Crippen molar-refractivity contribution >= 4 is 29.2 Å². The SMILES string of the molecule is CC[C@@H](C)NC(=O)COC(=O)c1cc([N+](=O)[O-])ccc1Cl. The summed E-state index contributed by atoms with van der Waals surface area (Å²) in [4.78, 5) is 33.3. The second-order valence-electron chi connectivity index (χ2n) is 4.37. The normalized spacial score (nSPS) is 11.6. The van der Waals surface area contributed by atoms with Gasteiger partial charge < -0.3 is 10.1 Å². The minimum absolute atomic E-state index is 0.0212. The third-order valence-corrected chi connectivity index (χ3v) is 3.06. The van der Waals surface area contributed by atoms with Gasteiger partial charge in [0.1, 0.15) is 0 Å². The molecule has 1 aromatic carbocycles. The van der Waals surface area contributed by atoms with Crippen LogP contribution in [0.15, 0.2) is 18.2 Å². The van der Waals surface area contributed by atoms with E-state index in [1.54, 1.807) is 0 Å². The first kappa shape index (κ1) is 16.9. The van der Waals surface area contributed by atoms with Gasteiger partial charge in [0, 0.05) is 18.2 Å². The van der Waals surface area contributed by atoms with E-state index < -0.39 is 23.4 Å². The van der Waals surface area contributed by atoms with Gasteiger partial charge in [-0.3, -0.25) is 14.9 Å². The Kier molecular flexibility index (Phi) is 6.10. The summed E-state index contributed by atoms with van der Waals surface area (Å²) < 4.78 is 4.79. The Balaban J connectivity index is 2.70. The molecule has 114 valence electrons. The zero-order chi connectivity index (χ0) is 16.0. The Morgan fingerprint density at radius 3 is 2.71 bits per heavy atom. The highest BCUT2D eigenvalue weighted by molar-refractivity contribution is 6.33. The third-order valence-electron chi connectivity index (χ3n) is 2.73. The van der Waals surface area contributed by atoms with Crippen molar-refractivity contribution in [2.24, 2.45) is 0 Å². The Morgan fingerprint density at radius 2 is 2.14 bits per heavy atom. The molecule has 0 spiro atoms. The number of amides is 1. The summed E-state index contributed by atoms with van der Waals surface area (Å²) in [5.41, 5.74) is -0.433. The number of halogens is 1. The molecule has 8 heteroatoms. The molecule has 21 heavy (non-hydrogen) atoms. The fourth-order valence-corrected chi connectivity index (χ4v) is 1.61. The molecule has 0 saturated carbocycles. The molecule has 1 aromatic rings. The van der Waals surface area contributed by atoms with E-state index in [4.69, 9.17) is 16.3 Å². The van der Waals surface area contributed by atoms with E-state index in [1.165, 1.54) is 12.1 Å². The summed E-state index contributed by atoms with van der Waals surface area (Å²) in [6.45, 7) is 3.25. The maximum atomic E-state index is 11.8. The Hall–Kier alpha value is -2.15. The number of carbonyl (C=O) groups is 2. The largest absolute Gasteiger partial charge is 0.452 e. The van der Waals surface area contributed by atoms with E-state index in [2.05, 4.69) is 5.32 Å². The van der Waals surface area contributed by atoms with Crippen LogP contribution < -0.4 is 5.32 Å². The van der Waals surface area contributed by atoms with Gasteiger partial charge in [-0.05, 0) is 19.4 Å². The van der Waals surface area contributed by atoms with Crippen molar-refractivity contribution in [3.05, 3.63) is 38.9 Å². The van der Waals surface area contributed by atoms with E-state index in [9.17, 15) is 19.7 Å². The maximum Gasteiger partial charge on any atom is 0.340 e. The lowest BCUT2D eigenvalue weighted by atomic mass is 10.2. The number of rotatable bonds is 6. The van der Waals surface area contributed by atoms with Gasteiger partial charge in [0.25, 0.3) is 11.6 Å². The van der Waals surface area contributed by atoms with Crippen molar-refractivity contribution in [2.45, 2.75) is 26.3 Å². The number of ether oxygens (including phenoxy) is 1. The third kappa shape index (κ3) is 5.03. The van der Waals surface area contributed by atoms with Gasteiger partial charge in [0.15, 0.2) is 6.61 Å². The summed E-state index contributed by atoms with van der Waals surface area (Å²) in [5, 5.41) is 13.3. The van der Waals surface area contributed by atoms with Gasteiger partial charge >= 0.3 is 5.97 Å². The van der Waals surface area contributed by atoms with Crippen LogP contribution in [0.2, 0.25) is 5.02 Å². The molecule has 0 radical (unpaired) electrons. The fourth-order valence-electron chi connectivity index (χ4n) is 1.41. The topological polar surface area (TPSA) is 98.5 Å². The Bertz CT molecular complexity index is 561. The van der Waals surface area contributed by atoms with Crippen molar-refractivity contribution < 1.29 is 19.2 Å². The van der Waals surface area contributed by atoms with Gasteiger partial charge in [-0.25, -0.2) is 4.79 Å². The van der Waals surface area contributed by atoms with Crippen molar-refractivity contribution in [2.75, 3.05) is 6.61 Å². The molecule has 7 nitrogen and oxygen atoms in total. The van der Waals surface area contributed by atoms with E-state index in [-0.39, 0.29) is 22.3 Å². The van der Waals surface area contributed by atoms with E-state index in [0.29, 0.717) is 0 Å². The smallest absolute Gasteiger partial charge is 0.340 e. The zero-order valence-corrected chi connectivity index (χ0v) is 12.3. The van der Waals surface area contributed by atoms with Gasteiger partial charge in [-0.1, -0.05) is 18.5 Å². The predicted molar refractivity (Wildman–Crippen MR) is 76.3 cm³/mol. The monoisotopic (exact) mass is 314 g/mol. The quantitative estimate of drug-likeness (QED) is 0.493. The number of nitrogens with one attached hydrogen (secondary N) is 1. The molecule has 1 rings (SSSR count). The second kappa shape index (κ2) is 7.58. The first-order chi connectivity index (χ1) is 9.85. The lowest BCUT2D eigenvalue weighted by Gasteiger charge is -2.11. The van der Waals surface area contributed by atoms with Gasteiger partial charge in [0.2, 0.25) is 0 Å². The lowest BCUT2D eigenvalue weighted by molar-refractivity contribution is -0.384. The van der Waals surface area contributed by atoms with Crippen molar-refractivity contribution in [1.29, 1.82) is 0 Å². The molecule has 0 saturated heterocycles. The number of carbonyl (C=O) groups excluding carboxylic acids is 2. The summed E-state index contributed by atoms with van der Waals surface area (Å²) >= 11 is 5.79. The average Bonchev–Trinajstić information content (AvgIpc) is 2.44. The van der Waals surface area contributed by atoms with Crippen LogP contribution in [0, 0.1) is 10.1 Å². The van der Waals surface area contributed by atoms with Crippen LogP contribution in [0.4, 0.5) is 5.69 Å². The van der Waals surface area contributed by atoms with Gasteiger partial charge in [-0.2, -0.15) is 0 Å². The van der Waals surface area contributed by atoms with Crippen molar-refractivity contribution in [3.63, 3.8) is 0 Å². The van der Waals surface area contributed by atoms with E-state index in [1.807, 2.05) is 13.8 Å². The summed E-state index contributed by atoms with van der Waals surface area (Å²) in [6, 6.07) is 3.39. The molecule has 1 N–H and O–H groups in total. The number of nitro benzene ring substituents is 1. The van der Waals surface area contributed by atoms with Crippen LogP contribution in [0.1, 0.15) is 30.6 Å².